The quantitative estimate of drug-likeness (QED) is 0.633. The Kier molecular flexibility index (Phi) is 4.45. The Morgan fingerprint density at radius 1 is 1.33 bits per heavy atom. The molecule has 4 rings (SSSR count). The molecule has 0 saturated carbocycles. The summed E-state index contributed by atoms with van der Waals surface area (Å²) in [5.74, 6) is 0.897. The first-order valence-electron chi connectivity index (χ1n) is 8.20. The van der Waals surface area contributed by atoms with Crippen LogP contribution in [0.15, 0.2) is 55.1 Å². The molecule has 0 amide bonds. The Morgan fingerprint density at radius 2 is 2.15 bits per heavy atom. The zero-order valence-electron chi connectivity index (χ0n) is 14.9. The molecule has 0 aromatic carbocycles. The maximum atomic E-state index is 13.2. The third-order valence-electron chi connectivity index (χ3n) is 4.27. The van der Waals surface area contributed by atoms with E-state index < -0.39 is 12.0 Å². The third-order valence-corrected chi connectivity index (χ3v) is 6.18. The largest absolute Gasteiger partial charge is 0.466 e. The first-order valence-corrected chi connectivity index (χ1v) is 9.90. The first-order chi connectivity index (χ1) is 13.0. The van der Waals surface area contributed by atoms with Crippen LogP contribution in [0, 0.1) is 6.92 Å². The summed E-state index contributed by atoms with van der Waals surface area (Å²) in [4.78, 5) is 31.5. The SMILES string of the molecule is COC(=O)C1=C(C)N=c2s/c(=C/c3ccc(C)o3)c(=O)n2[C@H]1c1cccs1. The molecule has 0 bridgehead atoms. The molecule has 0 saturated heterocycles. The molecule has 1 aliphatic rings. The van der Waals surface area contributed by atoms with Gasteiger partial charge in [0, 0.05) is 11.0 Å². The number of rotatable bonds is 3. The molecule has 8 heteroatoms. The van der Waals surface area contributed by atoms with Gasteiger partial charge in [0.1, 0.15) is 17.6 Å². The maximum Gasteiger partial charge on any atom is 0.338 e. The molecule has 27 heavy (non-hydrogen) atoms. The molecule has 0 fully saturated rings. The Bertz CT molecular complexity index is 1230. The number of esters is 1. The van der Waals surface area contributed by atoms with Gasteiger partial charge in [-0.25, -0.2) is 9.79 Å². The summed E-state index contributed by atoms with van der Waals surface area (Å²) in [7, 11) is 1.33. The summed E-state index contributed by atoms with van der Waals surface area (Å²) in [5, 5.41) is 1.92. The number of aromatic nitrogens is 1. The van der Waals surface area contributed by atoms with E-state index in [1.165, 1.54) is 29.8 Å². The number of carbonyl (C=O) groups is 1. The van der Waals surface area contributed by atoms with Crippen molar-refractivity contribution in [1.82, 2.24) is 4.57 Å². The van der Waals surface area contributed by atoms with E-state index in [1.54, 1.807) is 17.6 Å². The number of fused-ring (bicyclic) bond motifs is 1. The van der Waals surface area contributed by atoms with Crippen molar-refractivity contribution in [1.29, 1.82) is 0 Å². The highest BCUT2D eigenvalue weighted by Crippen LogP contribution is 2.32. The summed E-state index contributed by atoms with van der Waals surface area (Å²) in [6.07, 6.45) is 1.71. The van der Waals surface area contributed by atoms with E-state index in [4.69, 9.17) is 9.15 Å². The predicted molar refractivity (Wildman–Crippen MR) is 104 cm³/mol. The van der Waals surface area contributed by atoms with Gasteiger partial charge in [-0.15, -0.1) is 11.3 Å². The number of nitrogens with zero attached hydrogens (tertiary/aromatic N) is 2. The van der Waals surface area contributed by atoms with E-state index in [0.717, 1.165) is 10.6 Å². The van der Waals surface area contributed by atoms with Crippen LogP contribution in [0.3, 0.4) is 0 Å². The predicted octanol–water partition coefficient (Wildman–Crippen LogP) is 2.37. The van der Waals surface area contributed by atoms with Crippen LogP contribution < -0.4 is 14.9 Å². The van der Waals surface area contributed by atoms with E-state index in [1.807, 2.05) is 36.6 Å². The topological polar surface area (TPSA) is 73.8 Å². The van der Waals surface area contributed by atoms with Crippen molar-refractivity contribution in [2.75, 3.05) is 7.11 Å². The van der Waals surface area contributed by atoms with Crippen molar-refractivity contribution >= 4 is 34.7 Å². The number of furan rings is 1. The highest BCUT2D eigenvalue weighted by Gasteiger charge is 2.33. The van der Waals surface area contributed by atoms with Gasteiger partial charge in [0.2, 0.25) is 0 Å². The van der Waals surface area contributed by atoms with Crippen molar-refractivity contribution in [3.05, 3.63) is 77.0 Å². The number of thiazole rings is 1. The van der Waals surface area contributed by atoms with Crippen molar-refractivity contribution < 1.29 is 13.9 Å². The Morgan fingerprint density at radius 3 is 2.78 bits per heavy atom. The number of aryl methyl sites for hydroxylation is 1. The fraction of sp³-hybridized carbons (Fsp3) is 0.211. The number of allylic oxidation sites excluding steroid dienone is 1. The Hall–Kier alpha value is -2.71. The molecule has 6 nitrogen and oxygen atoms in total. The van der Waals surface area contributed by atoms with Gasteiger partial charge < -0.3 is 9.15 Å². The molecule has 1 atom stereocenters. The molecule has 4 heterocycles. The first kappa shape index (κ1) is 17.7. The minimum Gasteiger partial charge on any atom is -0.466 e. The van der Waals surface area contributed by atoms with Crippen LogP contribution in [0.5, 0.6) is 0 Å². The molecule has 3 aromatic heterocycles. The number of methoxy groups -OCH3 is 1. The molecule has 0 aliphatic carbocycles. The lowest BCUT2D eigenvalue weighted by molar-refractivity contribution is -0.136. The van der Waals surface area contributed by atoms with Crippen LogP contribution in [0.1, 0.15) is 29.4 Å². The van der Waals surface area contributed by atoms with Crippen molar-refractivity contribution in [2.45, 2.75) is 19.9 Å². The van der Waals surface area contributed by atoms with Crippen LogP contribution in [-0.2, 0) is 9.53 Å². The van der Waals surface area contributed by atoms with Gasteiger partial charge in [-0.05, 0) is 37.4 Å². The maximum absolute atomic E-state index is 13.2. The number of hydrogen-bond acceptors (Lipinski definition) is 7. The molecular weight excluding hydrogens is 384 g/mol. The summed E-state index contributed by atoms with van der Waals surface area (Å²) in [6.45, 7) is 3.61. The second kappa shape index (κ2) is 6.79. The molecule has 138 valence electrons. The molecule has 0 N–H and O–H groups in total. The molecule has 1 aliphatic heterocycles. The minimum atomic E-state index is -0.547. The van der Waals surface area contributed by atoms with Gasteiger partial charge in [0.05, 0.1) is 22.9 Å². The Balaban J connectivity index is 1.98. The van der Waals surface area contributed by atoms with Crippen LogP contribution in [-0.4, -0.2) is 17.6 Å². The molecule has 3 aromatic rings. The number of thiophene rings is 1. The zero-order valence-corrected chi connectivity index (χ0v) is 16.5. The molecule has 0 unspecified atom stereocenters. The Labute approximate surface area is 162 Å². The van der Waals surface area contributed by atoms with Crippen molar-refractivity contribution in [2.24, 2.45) is 4.99 Å². The average molecular weight is 400 g/mol. The fourth-order valence-electron chi connectivity index (χ4n) is 3.07. The molecule has 0 spiro atoms. The van der Waals surface area contributed by atoms with Crippen LogP contribution in [0.25, 0.3) is 6.08 Å². The second-order valence-corrected chi connectivity index (χ2v) is 8.03. The van der Waals surface area contributed by atoms with E-state index in [9.17, 15) is 9.59 Å². The van der Waals surface area contributed by atoms with E-state index in [0.29, 0.717) is 26.4 Å². The van der Waals surface area contributed by atoms with Gasteiger partial charge in [-0.3, -0.25) is 9.36 Å². The van der Waals surface area contributed by atoms with Crippen LogP contribution >= 0.6 is 22.7 Å². The lowest BCUT2D eigenvalue weighted by Gasteiger charge is -2.22. The van der Waals surface area contributed by atoms with Crippen molar-refractivity contribution in [3.8, 4) is 0 Å². The summed E-state index contributed by atoms with van der Waals surface area (Å²) < 4.78 is 12.6. The van der Waals surface area contributed by atoms with Crippen molar-refractivity contribution in [3.63, 3.8) is 0 Å². The van der Waals surface area contributed by atoms with E-state index in [2.05, 4.69) is 4.99 Å². The number of hydrogen-bond donors (Lipinski definition) is 0. The molecule has 0 radical (unpaired) electrons. The summed E-state index contributed by atoms with van der Waals surface area (Å²) >= 11 is 2.76. The summed E-state index contributed by atoms with van der Waals surface area (Å²) in [6, 6.07) is 6.91. The highest BCUT2D eigenvalue weighted by atomic mass is 32.1. The van der Waals surface area contributed by atoms with Gasteiger partial charge >= 0.3 is 5.97 Å². The van der Waals surface area contributed by atoms with Gasteiger partial charge in [-0.2, -0.15) is 0 Å². The zero-order chi connectivity index (χ0) is 19.1. The second-order valence-electron chi connectivity index (χ2n) is 6.04. The normalized spacial score (nSPS) is 17.0. The number of ether oxygens (including phenoxy) is 1. The lowest BCUT2D eigenvalue weighted by Crippen LogP contribution is -2.39. The van der Waals surface area contributed by atoms with Gasteiger partial charge in [-0.1, -0.05) is 17.4 Å². The van der Waals surface area contributed by atoms with Gasteiger partial charge in [0.25, 0.3) is 5.56 Å². The third kappa shape index (κ3) is 3.00. The highest BCUT2D eigenvalue weighted by molar-refractivity contribution is 7.10. The van der Waals surface area contributed by atoms with Crippen LogP contribution in [0.4, 0.5) is 0 Å². The minimum absolute atomic E-state index is 0.208. The summed E-state index contributed by atoms with van der Waals surface area (Å²) in [5.41, 5.74) is 0.731. The monoisotopic (exact) mass is 400 g/mol. The molecular formula is C19H16N2O4S2. The van der Waals surface area contributed by atoms with E-state index >= 15 is 0 Å². The lowest BCUT2D eigenvalue weighted by atomic mass is 10.0. The van der Waals surface area contributed by atoms with E-state index in [-0.39, 0.29) is 5.56 Å². The van der Waals surface area contributed by atoms with Crippen LogP contribution in [0.2, 0.25) is 0 Å². The smallest absolute Gasteiger partial charge is 0.338 e. The average Bonchev–Trinajstić information content (AvgIpc) is 3.36. The van der Waals surface area contributed by atoms with Gasteiger partial charge in [0.15, 0.2) is 4.80 Å². The standard InChI is InChI=1S/C19H16N2O4S2/c1-10-6-7-12(25-10)9-14-17(22)21-16(13-5-4-8-26-13)15(18(23)24-3)11(2)20-19(21)27-14/h4-9,16H,1-3H3/b14-9+/t16-/m0/s1. The fourth-order valence-corrected chi connectivity index (χ4v) is 4.92. The number of carbonyl (C=O) groups excluding carboxylic acids is 1.